The molecular weight excluding hydrogens is 382 g/mol. The van der Waals surface area contributed by atoms with Crippen molar-refractivity contribution in [2.45, 2.75) is 148 Å². The van der Waals surface area contributed by atoms with Gasteiger partial charge in [0.25, 0.3) is 0 Å². The van der Waals surface area contributed by atoms with Gasteiger partial charge in [0.15, 0.2) is 0 Å². The van der Waals surface area contributed by atoms with Crippen molar-refractivity contribution in [1.82, 2.24) is 0 Å². The first-order valence-corrected chi connectivity index (χ1v) is 13.6. The molecule has 0 aromatic heterocycles. The first-order valence-electron chi connectivity index (χ1n) is 13.6. The van der Waals surface area contributed by atoms with Gasteiger partial charge in [-0.3, -0.25) is 4.79 Å². The van der Waals surface area contributed by atoms with Crippen LogP contribution in [0.25, 0.3) is 0 Å². The fourth-order valence-corrected chi connectivity index (χ4v) is 5.81. The summed E-state index contributed by atoms with van der Waals surface area (Å²) in [4.78, 5) is 10.4. The molecule has 0 spiro atoms. The Morgan fingerprint density at radius 1 is 0.839 bits per heavy atom. The van der Waals surface area contributed by atoms with E-state index in [1.165, 1.54) is 103 Å². The zero-order chi connectivity index (χ0) is 23.2. The smallest absolute Gasteiger partial charge is 0.217 e. The molecule has 4 nitrogen and oxygen atoms in total. The maximum absolute atomic E-state index is 10.4. The van der Waals surface area contributed by atoms with Gasteiger partial charge in [0.1, 0.15) is 0 Å². The van der Waals surface area contributed by atoms with Gasteiger partial charge in [0.2, 0.25) is 5.91 Å². The van der Waals surface area contributed by atoms with Gasteiger partial charge >= 0.3 is 0 Å². The Bertz CT molecular complexity index is 473. The minimum absolute atomic E-state index is 0.146. The van der Waals surface area contributed by atoms with Crippen LogP contribution < -0.4 is 17.2 Å². The van der Waals surface area contributed by atoms with Crippen LogP contribution in [0.4, 0.5) is 0 Å². The van der Waals surface area contributed by atoms with Crippen LogP contribution in [0, 0.1) is 17.3 Å². The Balaban J connectivity index is 0.000000318. The molecule has 2 fully saturated rings. The molecule has 2 unspecified atom stereocenters. The number of carbonyl (C=O) groups is 1. The largest absolute Gasteiger partial charge is 0.370 e. The first-order chi connectivity index (χ1) is 14.8. The van der Waals surface area contributed by atoms with Crippen LogP contribution in [-0.2, 0) is 4.79 Å². The molecule has 0 heterocycles. The number of unbranched alkanes of at least 4 members (excludes halogenated alkanes) is 8. The van der Waals surface area contributed by atoms with Crippen molar-refractivity contribution >= 4 is 5.91 Å². The summed E-state index contributed by atoms with van der Waals surface area (Å²) in [5.74, 6) is 1.06. The Labute approximate surface area is 193 Å². The van der Waals surface area contributed by atoms with Gasteiger partial charge in [-0.2, -0.15) is 0 Å². The molecule has 2 aliphatic carbocycles. The minimum atomic E-state index is -0.451. The fraction of sp³-hybridized carbons (Fsp3) is 0.963. The number of hydrogen-bond acceptors (Lipinski definition) is 3. The minimum Gasteiger partial charge on any atom is -0.370 e. The summed E-state index contributed by atoms with van der Waals surface area (Å²) >= 11 is 0. The second-order valence-corrected chi connectivity index (χ2v) is 10.9. The molecule has 2 rings (SSSR count). The van der Waals surface area contributed by atoms with Crippen LogP contribution in [0.3, 0.4) is 0 Å². The molecule has 4 heteroatoms. The van der Waals surface area contributed by atoms with E-state index in [0.29, 0.717) is 18.3 Å². The molecule has 0 aliphatic heterocycles. The van der Waals surface area contributed by atoms with Gasteiger partial charge in [-0.1, -0.05) is 111 Å². The number of amides is 1. The van der Waals surface area contributed by atoms with Crippen LogP contribution >= 0.6 is 0 Å². The molecule has 1 amide bonds. The van der Waals surface area contributed by atoms with E-state index in [1.54, 1.807) is 0 Å². The molecule has 0 radical (unpaired) electrons. The van der Waals surface area contributed by atoms with Gasteiger partial charge in [-0.15, -0.1) is 0 Å². The highest BCUT2D eigenvalue weighted by Gasteiger charge is 2.50. The van der Waals surface area contributed by atoms with E-state index in [0.717, 1.165) is 12.8 Å². The molecule has 31 heavy (non-hydrogen) atoms. The monoisotopic (exact) mass is 437 g/mol. The van der Waals surface area contributed by atoms with E-state index in [4.69, 9.17) is 17.2 Å². The number of hydrogen-bond donors (Lipinski definition) is 3. The lowest BCUT2D eigenvalue weighted by Crippen LogP contribution is -2.68. The third-order valence-electron chi connectivity index (χ3n) is 8.47. The highest BCUT2D eigenvalue weighted by atomic mass is 16.1. The summed E-state index contributed by atoms with van der Waals surface area (Å²) in [6, 6.07) is 0. The molecule has 0 saturated heterocycles. The first kappa shape index (κ1) is 28.4. The third kappa shape index (κ3) is 9.82. The lowest BCUT2D eigenvalue weighted by molar-refractivity contribution is -0.118. The predicted octanol–water partition coefficient (Wildman–Crippen LogP) is 6.79. The van der Waals surface area contributed by atoms with E-state index >= 15 is 0 Å². The van der Waals surface area contributed by atoms with Crippen LogP contribution in [0.15, 0.2) is 0 Å². The summed E-state index contributed by atoms with van der Waals surface area (Å²) in [6.45, 7) is 6.95. The molecule has 184 valence electrons. The Morgan fingerprint density at radius 2 is 1.35 bits per heavy atom. The standard InChI is InChI=1S/C15H30N2.C12H25NO/c1-12-8-6-7-11-14(12,2)15(16,17)13-9-4-3-5-10-13;1-2-3-4-5-6-7-8-9-10-11-12(13)14/h12-13H,3-11,16-17H2,1-2H3;2-11H2,1H3,(H2,13,14). The average molecular weight is 438 g/mol. The molecule has 2 atom stereocenters. The predicted molar refractivity (Wildman–Crippen MR) is 134 cm³/mol. The normalized spacial score (nSPS) is 25.0. The average Bonchev–Trinajstić information content (AvgIpc) is 2.75. The summed E-state index contributed by atoms with van der Waals surface area (Å²) in [6.07, 6.45) is 23.8. The SMILES string of the molecule is CC1CCCCC1(C)C(N)(N)C1CCCCC1.CCCCCCCCCCCC(N)=O. The van der Waals surface area contributed by atoms with Crippen molar-refractivity contribution in [2.24, 2.45) is 34.5 Å². The van der Waals surface area contributed by atoms with E-state index in [9.17, 15) is 4.79 Å². The van der Waals surface area contributed by atoms with E-state index in [2.05, 4.69) is 20.8 Å². The number of primary amides is 1. The maximum Gasteiger partial charge on any atom is 0.217 e. The molecule has 6 N–H and O–H groups in total. The second-order valence-electron chi connectivity index (χ2n) is 10.9. The van der Waals surface area contributed by atoms with Crippen molar-refractivity contribution in [2.75, 3.05) is 0 Å². The van der Waals surface area contributed by atoms with Gasteiger partial charge in [0, 0.05) is 11.8 Å². The number of rotatable bonds is 12. The Hall–Kier alpha value is -0.610. The summed E-state index contributed by atoms with van der Waals surface area (Å²) in [7, 11) is 0. The van der Waals surface area contributed by atoms with Gasteiger partial charge in [-0.05, 0) is 37.5 Å². The Morgan fingerprint density at radius 3 is 1.87 bits per heavy atom. The maximum atomic E-state index is 10.4. The molecule has 0 aromatic rings. The topological polar surface area (TPSA) is 95.1 Å². The third-order valence-corrected chi connectivity index (χ3v) is 8.47. The zero-order valence-electron chi connectivity index (χ0n) is 21.2. The van der Waals surface area contributed by atoms with Crippen LogP contribution in [0.1, 0.15) is 143 Å². The highest BCUT2D eigenvalue weighted by Crippen LogP contribution is 2.50. The lowest BCUT2D eigenvalue weighted by atomic mass is 9.57. The lowest BCUT2D eigenvalue weighted by Gasteiger charge is -2.54. The van der Waals surface area contributed by atoms with Gasteiger partial charge in [0.05, 0.1) is 5.66 Å². The van der Waals surface area contributed by atoms with Crippen LogP contribution in [0.5, 0.6) is 0 Å². The molecular formula is C27H55N3O. The number of nitrogens with two attached hydrogens (primary N) is 3. The van der Waals surface area contributed by atoms with Crippen LogP contribution in [-0.4, -0.2) is 11.6 Å². The summed E-state index contributed by atoms with van der Waals surface area (Å²) in [5, 5.41) is 0. The molecule has 0 bridgehead atoms. The molecule has 2 saturated carbocycles. The quantitative estimate of drug-likeness (QED) is 0.232. The second kappa shape index (κ2) is 15.3. The van der Waals surface area contributed by atoms with Crippen LogP contribution in [0.2, 0.25) is 0 Å². The van der Waals surface area contributed by atoms with Crippen molar-refractivity contribution in [1.29, 1.82) is 0 Å². The molecule has 0 aromatic carbocycles. The summed E-state index contributed by atoms with van der Waals surface area (Å²) < 4.78 is 0. The van der Waals surface area contributed by atoms with E-state index < -0.39 is 5.66 Å². The van der Waals surface area contributed by atoms with E-state index in [1.807, 2.05) is 0 Å². The van der Waals surface area contributed by atoms with Crippen molar-refractivity contribution in [3.63, 3.8) is 0 Å². The van der Waals surface area contributed by atoms with Gasteiger partial charge < -0.3 is 17.2 Å². The van der Waals surface area contributed by atoms with Crippen molar-refractivity contribution < 1.29 is 4.79 Å². The fourth-order valence-electron chi connectivity index (χ4n) is 5.81. The zero-order valence-corrected chi connectivity index (χ0v) is 21.2. The van der Waals surface area contributed by atoms with E-state index in [-0.39, 0.29) is 11.3 Å². The van der Waals surface area contributed by atoms with Gasteiger partial charge in [-0.25, -0.2) is 0 Å². The summed E-state index contributed by atoms with van der Waals surface area (Å²) in [5.41, 5.74) is 18.1. The van der Waals surface area contributed by atoms with Crippen molar-refractivity contribution in [3.05, 3.63) is 0 Å². The highest BCUT2D eigenvalue weighted by molar-refractivity contribution is 5.73. The Kier molecular flexibility index (Phi) is 14.0. The number of carbonyl (C=O) groups excluding carboxylic acids is 1. The molecule has 2 aliphatic rings. The van der Waals surface area contributed by atoms with Crippen molar-refractivity contribution in [3.8, 4) is 0 Å².